The topological polar surface area (TPSA) is 74.8 Å². The lowest BCUT2D eigenvalue weighted by Crippen LogP contribution is -2.10. The summed E-state index contributed by atoms with van der Waals surface area (Å²) < 4.78 is 5.08. The van der Waals surface area contributed by atoms with Gasteiger partial charge in [0.1, 0.15) is 12.0 Å². The molecule has 19 heavy (non-hydrogen) atoms. The third kappa shape index (κ3) is 3.01. The minimum absolute atomic E-state index is 0.225. The molecule has 0 saturated heterocycles. The molecule has 1 heterocycles. The van der Waals surface area contributed by atoms with Crippen LogP contribution in [0.5, 0.6) is 0 Å². The predicted molar refractivity (Wildman–Crippen MR) is 71.8 cm³/mol. The van der Waals surface area contributed by atoms with E-state index in [2.05, 4.69) is 10.5 Å². The summed E-state index contributed by atoms with van der Waals surface area (Å²) in [4.78, 5) is 11.9. The zero-order chi connectivity index (χ0) is 13.8. The zero-order valence-corrected chi connectivity index (χ0v) is 10.7. The molecule has 0 aliphatic carbocycles. The Labute approximate surface area is 110 Å². The summed E-state index contributed by atoms with van der Waals surface area (Å²) in [5.41, 5.74) is 2.45. The number of amides is 1. The van der Waals surface area contributed by atoms with E-state index in [0.717, 1.165) is 5.56 Å². The van der Waals surface area contributed by atoms with Gasteiger partial charge in [-0.2, -0.15) is 0 Å². The van der Waals surface area contributed by atoms with E-state index in [9.17, 15) is 4.79 Å². The van der Waals surface area contributed by atoms with Crippen LogP contribution in [0.1, 0.15) is 28.6 Å². The molecule has 1 aromatic carbocycles. The Bertz CT molecular complexity index is 612. The largest absolute Gasteiger partial charge is 0.469 e. The molecule has 0 unspecified atom stereocenters. The Morgan fingerprint density at radius 2 is 1.95 bits per heavy atom. The summed E-state index contributed by atoms with van der Waals surface area (Å²) in [6.45, 7) is 3.48. The standard InChI is InChI=1S/C14H14N2O3/c1-9-7-12(8-19-9)14(17)15-13-5-3-11(4-6-13)10(2)16-18/h3-8,18H,1-2H3,(H,15,17)/b16-10-. The minimum atomic E-state index is -0.225. The molecule has 0 spiro atoms. The van der Waals surface area contributed by atoms with Crippen LogP contribution < -0.4 is 5.32 Å². The van der Waals surface area contributed by atoms with Crippen molar-refractivity contribution in [3.05, 3.63) is 53.5 Å². The highest BCUT2D eigenvalue weighted by Gasteiger charge is 2.09. The number of oxime groups is 1. The summed E-state index contributed by atoms with van der Waals surface area (Å²) in [6, 6.07) is 8.70. The predicted octanol–water partition coefficient (Wildman–Crippen LogP) is 3.04. The molecule has 0 bridgehead atoms. The second-order valence-electron chi connectivity index (χ2n) is 4.16. The van der Waals surface area contributed by atoms with Crippen molar-refractivity contribution in [2.45, 2.75) is 13.8 Å². The molecule has 0 aliphatic rings. The molecule has 0 aliphatic heterocycles. The number of hydrogen-bond acceptors (Lipinski definition) is 4. The number of carbonyl (C=O) groups excluding carboxylic acids is 1. The Morgan fingerprint density at radius 3 is 2.47 bits per heavy atom. The van der Waals surface area contributed by atoms with E-state index < -0.39 is 0 Å². The Kier molecular flexibility index (Phi) is 3.66. The van der Waals surface area contributed by atoms with Crippen molar-refractivity contribution in [2.75, 3.05) is 5.32 Å². The molecule has 0 fully saturated rings. The lowest BCUT2D eigenvalue weighted by Gasteiger charge is -2.04. The fourth-order valence-corrected chi connectivity index (χ4v) is 1.62. The molecule has 1 amide bonds. The van der Waals surface area contributed by atoms with Gasteiger partial charge in [0.15, 0.2) is 0 Å². The van der Waals surface area contributed by atoms with E-state index in [0.29, 0.717) is 22.7 Å². The number of hydrogen-bond donors (Lipinski definition) is 2. The van der Waals surface area contributed by atoms with E-state index >= 15 is 0 Å². The quantitative estimate of drug-likeness (QED) is 0.504. The van der Waals surface area contributed by atoms with E-state index in [1.54, 1.807) is 44.2 Å². The lowest BCUT2D eigenvalue weighted by atomic mass is 10.1. The molecule has 0 saturated carbocycles. The van der Waals surface area contributed by atoms with Gasteiger partial charge in [0.25, 0.3) is 5.91 Å². The van der Waals surface area contributed by atoms with Gasteiger partial charge >= 0.3 is 0 Å². The molecule has 2 N–H and O–H groups in total. The van der Waals surface area contributed by atoms with Crippen LogP contribution in [0.2, 0.25) is 0 Å². The fraction of sp³-hybridized carbons (Fsp3) is 0.143. The van der Waals surface area contributed by atoms with Gasteiger partial charge in [0.05, 0.1) is 11.3 Å². The third-order valence-corrected chi connectivity index (χ3v) is 2.70. The number of nitrogens with one attached hydrogen (secondary N) is 1. The highest BCUT2D eigenvalue weighted by Crippen LogP contribution is 2.13. The molecule has 2 rings (SSSR count). The highest BCUT2D eigenvalue weighted by molar-refractivity contribution is 6.04. The number of carbonyl (C=O) groups is 1. The second kappa shape index (κ2) is 5.39. The van der Waals surface area contributed by atoms with Crippen LogP contribution in [0.4, 0.5) is 5.69 Å². The van der Waals surface area contributed by atoms with Crippen molar-refractivity contribution < 1.29 is 14.4 Å². The Morgan fingerprint density at radius 1 is 1.26 bits per heavy atom. The monoisotopic (exact) mass is 258 g/mol. The number of aryl methyl sites for hydroxylation is 1. The van der Waals surface area contributed by atoms with Crippen molar-refractivity contribution >= 4 is 17.3 Å². The molecule has 98 valence electrons. The number of rotatable bonds is 3. The maximum absolute atomic E-state index is 11.9. The fourth-order valence-electron chi connectivity index (χ4n) is 1.62. The number of benzene rings is 1. The SMILES string of the molecule is C/C(=N/O)c1ccc(NC(=O)c2coc(C)c2)cc1. The molecule has 2 aromatic rings. The number of nitrogens with zero attached hydrogens (tertiary/aromatic N) is 1. The van der Waals surface area contributed by atoms with E-state index in [1.165, 1.54) is 6.26 Å². The Balaban J connectivity index is 2.10. The van der Waals surface area contributed by atoms with Crippen LogP contribution in [0.15, 0.2) is 46.2 Å². The first-order valence-corrected chi connectivity index (χ1v) is 5.75. The van der Waals surface area contributed by atoms with Crippen molar-refractivity contribution in [1.82, 2.24) is 0 Å². The van der Waals surface area contributed by atoms with Crippen LogP contribution in [0.3, 0.4) is 0 Å². The van der Waals surface area contributed by atoms with Gasteiger partial charge in [-0.15, -0.1) is 0 Å². The summed E-state index contributed by atoms with van der Waals surface area (Å²) in [5.74, 6) is 0.465. The molecular weight excluding hydrogens is 244 g/mol. The maximum Gasteiger partial charge on any atom is 0.258 e. The first kappa shape index (κ1) is 12.9. The van der Waals surface area contributed by atoms with E-state index in [4.69, 9.17) is 9.62 Å². The highest BCUT2D eigenvalue weighted by atomic mass is 16.4. The van der Waals surface area contributed by atoms with Gasteiger partial charge in [-0.1, -0.05) is 17.3 Å². The van der Waals surface area contributed by atoms with Crippen LogP contribution in [-0.4, -0.2) is 16.8 Å². The van der Waals surface area contributed by atoms with Gasteiger partial charge in [-0.3, -0.25) is 4.79 Å². The summed E-state index contributed by atoms with van der Waals surface area (Å²) >= 11 is 0. The first-order valence-electron chi connectivity index (χ1n) is 5.75. The number of furan rings is 1. The van der Waals surface area contributed by atoms with Gasteiger partial charge in [-0.25, -0.2) is 0 Å². The Hall–Kier alpha value is -2.56. The molecule has 0 radical (unpaired) electrons. The average Bonchev–Trinajstić information content (AvgIpc) is 2.85. The smallest absolute Gasteiger partial charge is 0.258 e. The van der Waals surface area contributed by atoms with Crippen molar-refractivity contribution in [3.8, 4) is 0 Å². The maximum atomic E-state index is 11.9. The van der Waals surface area contributed by atoms with Crippen molar-refractivity contribution in [3.63, 3.8) is 0 Å². The van der Waals surface area contributed by atoms with Crippen LogP contribution in [0.25, 0.3) is 0 Å². The van der Waals surface area contributed by atoms with Gasteiger partial charge in [0.2, 0.25) is 0 Å². The number of anilines is 1. The van der Waals surface area contributed by atoms with Gasteiger partial charge in [0, 0.05) is 5.69 Å². The van der Waals surface area contributed by atoms with Crippen LogP contribution >= 0.6 is 0 Å². The van der Waals surface area contributed by atoms with Crippen LogP contribution in [0, 0.1) is 6.92 Å². The third-order valence-electron chi connectivity index (χ3n) is 2.70. The first-order chi connectivity index (χ1) is 9.10. The normalized spacial score (nSPS) is 11.4. The average molecular weight is 258 g/mol. The molecule has 1 aromatic heterocycles. The summed E-state index contributed by atoms with van der Waals surface area (Å²) in [5, 5.41) is 14.5. The molecule has 5 heteroatoms. The molecular formula is C14H14N2O3. The molecule has 0 atom stereocenters. The van der Waals surface area contributed by atoms with Gasteiger partial charge in [-0.05, 0) is 37.6 Å². The summed E-state index contributed by atoms with van der Waals surface area (Å²) in [7, 11) is 0. The summed E-state index contributed by atoms with van der Waals surface area (Å²) in [6.07, 6.45) is 1.42. The molecule has 5 nitrogen and oxygen atoms in total. The second-order valence-corrected chi connectivity index (χ2v) is 4.16. The van der Waals surface area contributed by atoms with E-state index in [1.807, 2.05) is 0 Å². The lowest BCUT2D eigenvalue weighted by molar-refractivity contribution is 0.102. The van der Waals surface area contributed by atoms with Gasteiger partial charge < -0.3 is 14.9 Å². The van der Waals surface area contributed by atoms with Crippen molar-refractivity contribution in [1.29, 1.82) is 0 Å². The van der Waals surface area contributed by atoms with E-state index in [-0.39, 0.29) is 5.91 Å². The minimum Gasteiger partial charge on any atom is -0.469 e. The van der Waals surface area contributed by atoms with Crippen LogP contribution in [-0.2, 0) is 0 Å². The van der Waals surface area contributed by atoms with Crippen molar-refractivity contribution in [2.24, 2.45) is 5.16 Å². The zero-order valence-electron chi connectivity index (χ0n) is 10.7.